The van der Waals surface area contributed by atoms with Crippen LogP contribution in [0.3, 0.4) is 0 Å². The van der Waals surface area contributed by atoms with E-state index >= 15 is 0 Å². The summed E-state index contributed by atoms with van der Waals surface area (Å²) >= 11 is 0. The first-order chi connectivity index (χ1) is 9.40. The minimum absolute atomic E-state index is 0.232. The summed E-state index contributed by atoms with van der Waals surface area (Å²) in [6, 6.07) is 6.74. The van der Waals surface area contributed by atoms with Crippen molar-refractivity contribution >= 4 is 16.9 Å². The first kappa shape index (κ1) is 14.6. The molecule has 0 atom stereocenters. The molecular weight excluding hydrogens is 257 g/mol. The van der Waals surface area contributed by atoms with Crippen LogP contribution in [0.5, 0.6) is 0 Å². The molecule has 0 amide bonds. The largest absolute Gasteiger partial charge is 0.481 e. The van der Waals surface area contributed by atoms with E-state index in [1.165, 1.54) is 12.1 Å². The second-order valence-corrected chi connectivity index (χ2v) is 5.86. The number of carbonyl (C=O) groups is 1. The molecule has 1 heterocycles. The van der Waals surface area contributed by atoms with Gasteiger partial charge >= 0.3 is 5.97 Å². The Hall–Kier alpha value is -1.84. The van der Waals surface area contributed by atoms with E-state index in [9.17, 15) is 9.18 Å². The molecule has 0 unspecified atom stereocenters. The van der Waals surface area contributed by atoms with Gasteiger partial charge in [-0.2, -0.15) is 0 Å². The van der Waals surface area contributed by atoms with Gasteiger partial charge in [0.1, 0.15) is 5.82 Å². The topological polar surface area (TPSA) is 42.2 Å². The number of aryl methyl sites for hydroxylation is 1. The molecule has 4 heteroatoms. The van der Waals surface area contributed by atoms with Gasteiger partial charge in [-0.25, -0.2) is 4.39 Å². The summed E-state index contributed by atoms with van der Waals surface area (Å²) < 4.78 is 15.3. The Bertz CT molecular complexity index is 616. The quantitative estimate of drug-likeness (QED) is 0.809. The fraction of sp³-hybridized carbons (Fsp3) is 0.438. The molecule has 20 heavy (non-hydrogen) atoms. The van der Waals surface area contributed by atoms with Crippen LogP contribution in [0.15, 0.2) is 30.5 Å². The number of halogens is 1. The molecule has 108 valence electrons. The molecule has 1 N–H and O–H groups in total. The zero-order valence-electron chi connectivity index (χ0n) is 11.9. The number of carboxylic acids is 1. The monoisotopic (exact) mass is 277 g/mol. The number of fused-ring (bicyclic) bond motifs is 1. The van der Waals surface area contributed by atoms with Gasteiger partial charge in [0, 0.05) is 12.7 Å². The van der Waals surface area contributed by atoms with Crippen molar-refractivity contribution in [2.45, 2.75) is 39.7 Å². The van der Waals surface area contributed by atoms with E-state index in [0.717, 1.165) is 30.3 Å². The minimum Gasteiger partial charge on any atom is -0.481 e. The molecule has 0 bridgehead atoms. The molecule has 0 saturated heterocycles. The highest BCUT2D eigenvalue weighted by molar-refractivity contribution is 5.80. The Labute approximate surface area is 118 Å². The number of unbranched alkanes of at least 4 members (excludes halogenated alkanes) is 1. The number of benzene rings is 1. The maximum atomic E-state index is 13.2. The summed E-state index contributed by atoms with van der Waals surface area (Å²) in [5.74, 6) is -0.990. The molecule has 0 aliphatic carbocycles. The Balaban J connectivity index is 1.94. The van der Waals surface area contributed by atoms with Crippen molar-refractivity contribution in [3.8, 4) is 0 Å². The van der Waals surface area contributed by atoms with E-state index in [0.29, 0.717) is 6.42 Å². The normalized spacial score (nSPS) is 11.9. The van der Waals surface area contributed by atoms with Gasteiger partial charge in [-0.15, -0.1) is 0 Å². The molecule has 1 aromatic heterocycles. The van der Waals surface area contributed by atoms with Crippen LogP contribution in [0.1, 0.15) is 33.1 Å². The first-order valence-electron chi connectivity index (χ1n) is 6.88. The molecular formula is C16H20FNO2. The number of nitrogens with zero attached hydrogens (tertiary/aromatic N) is 1. The van der Waals surface area contributed by atoms with Crippen LogP contribution < -0.4 is 0 Å². The zero-order chi connectivity index (χ0) is 14.8. The lowest BCUT2D eigenvalue weighted by Crippen LogP contribution is -2.23. The van der Waals surface area contributed by atoms with Gasteiger partial charge in [0.25, 0.3) is 0 Å². The molecule has 1 aromatic carbocycles. The fourth-order valence-corrected chi connectivity index (χ4v) is 2.31. The van der Waals surface area contributed by atoms with Crippen molar-refractivity contribution in [1.29, 1.82) is 0 Å². The van der Waals surface area contributed by atoms with Crippen LogP contribution in [0.4, 0.5) is 4.39 Å². The first-order valence-corrected chi connectivity index (χ1v) is 6.88. The molecule has 0 fully saturated rings. The van der Waals surface area contributed by atoms with Crippen LogP contribution in [0.25, 0.3) is 10.9 Å². The molecule has 0 radical (unpaired) electrons. The lowest BCUT2D eigenvalue weighted by Gasteiger charge is -2.18. The van der Waals surface area contributed by atoms with Crippen LogP contribution in [-0.2, 0) is 11.3 Å². The molecule has 0 saturated carbocycles. The zero-order valence-corrected chi connectivity index (χ0v) is 11.9. The van der Waals surface area contributed by atoms with Crippen molar-refractivity contribution in [1.82, 2.24) is 4.57 Å². The third-order valence-corrected chi connectivity index (χ3v) is 3.77. The van der Waals surface area contributed by atoms with Crippen molar-refractivity contribution in [3.63, 3.8) is 0 Å². The second-order valence-electron chi connectivity index (χ2n) is 5.86. The minimum atomic E-state index is -0.758. The molecule has 2 rings (SSSR count). The summed E-state index contributed by atoms with van der Waals surface area (Å²) in [6.45, 7) is 4.27. The van der Waals surface area contributed by atoms with Crippen LogP contribution >= 0.6 is 0 Å². The number of hydrogen-bond donors (Lipinski definition) is 1. The van der Waals surface area contributed by atoms with Crippen LogP contribution in [0.2, 0.25) is 0 Å². The van der Waals surface area contributed by atoms with Crippen LogP contribution in [-0.4, -0.2) is 15.6 Å². The van der Waals surface area contributed by atoms with Crippen molar-refractivity contribution in [2.75, 3.05) is 0 Å². The van der Waals surface area contributed by atoms with E-state index in [-0.39, 0.29) is 5.82 Å². The van der Waals surface area contributed by atoms with Gasteiger partial charge in [0.15, 0.2) is 0 Å². The number of hydrogen-bond acceptors (Lipinski definition) is 1. The molecule has 0 spiro atoms. The van der Waals surface area contributed by atoms with Gasteiger partial charge in [-0.3, -0.25) is 4.79 Å². The lowest BCUT2D eigenvalue weighted by molar-refractivity contribution is -0.147. The smallest absolute Gasteiger partial charge is 0.309 e. The number of aromatic nitrogens is 1. The molecule has 3 nitrogen and oxygen atoms in total. The standard InChI is InChI=1S/C16H20FNO2/c1-16(2,15(19)20)8-3-4-9-18-10-7-12-5-6-13(17)11-14(12)18/h5-7,10-11H,3-4,8-9H2,1-2H3,(H,19,20). The Morgan fingerprint density at radius 3 is 2.75 bits per heavy atom. The molecule has 0 aliphatic rings. The van der Waals surface area contributed by atoms with Crippen LogP contribution in [0, 0.1) is 11.2 Å². The van der Waals surface area contributed by atoms with Gasteiger partial charge in [0.05, 0.1) is 10.9 Å². The maximum absolute atomic E-state index is 13.2. The van der Waals surface area contributed by atoms with Crippen molar-refractivity contribution in [2.24, 2.45) is 5.41 Å². The number of aliphatic carboxylic acids is 1. The molecule has 0 aliphatic heterocycles. The maximum Gasteiger partial charge on any atom is 0.309 e. The lowest BCUT2D eigenvalue weighted by atomic mass is 9.87. The predicted octanol–water partition coefficient (Wildman–Crippen LogP) is 4.06. The van der Waals surface area contributed by atoms with E-state index in [4.69, 9.17) is 5.11 Å². The Morgan fingerprint density at radius 1 is 1.30 bits per heavy atom. The third-order valence-electron chi connectivity index (χ3n) is 3.77. The predicted molar refractivity (Wildman–Crippen MR) is 77.2 cm³/mol. The van der Waals surface area contributed by atoms with E-state index in [2.05, 4.69) is 0 Å². The third kappa shape index (κ3) is 3.18. The van der Waals surface area contributed by atoms with Gasteiger partial charge in [-0.1, -0.05) is 6.42 Å². The Morgan fingerprint density at radius 2 is 2.05 bits per heavy atom. The number of rotatable bonds is 6. The van der Waals surface area contributed by atoms with Gasteiger partial charge in [0.2, 0.25) is 0 Å². The highest BCUT2D eigenvalue weighted by atomic mass is 19.1. The van der Waals surface area contributed by atoms with E-state index in [1.54, 1.807) is 19.9 Å². The summed E-state index contributed by atoms with van der Waals surface area (Å²) in [4.78, 5) is 11.0. The van der Waals surface area contributed by atoms with Gasteiger partial charge < -0.3 is 9.67 Å². The number of carboxylic acid groups (broad SMARTS) is 1. The average molecular weight is 277 g/mol. The molecule has 2 aromatic rings. The van der Waals surface area contributed by atoms with E-state index < -0.39 is 11.4 Å². The Kier molecular flexibility index (Phi) is 4.12. The highest BCUT2D eigenvalue weighted by Crippen LogP contribution is 2.24. The highest BCUT2D eigenvalue weighted by Gasteiger charge is 2.25. The van der Waals surface area contributed by atoms with Gasteiger partial charge in [-0.05, 0) is 56.3 Å². The second kappa shape index (κ2) is 5.65. The summed E-state index contributed by atoms with van der Waals surface area (Å²) in [5.41, 5.74) is 0.215. The SMILES string of the molecule is CC(C)(CCCCn1ccc2ccc(F)cc21)C(=O)O. The summed E-state index contributed by atoms with van der Waals surface area (Å²) in [6.07, 6.45) is 4.33. The summed E-state index contributed by atoms with van der Waals surface area (Å²) in [7, 11) is 0. The van der Waals surface area contributed by atoms with E-state index in [1.807, 2.05) is 16.8 Å². The fourth-order valence-electron chi connectivity index (χ4n) is 2.31. The average Bonchev–Trinajstić information content (AvgIpc) is 2.77. The van der Waals surface area contributed by atoms with Crippen molar-refractivity contribution < 1.29 is 14.3 Å². The van der Waals surface area contributed by atoms with Crippen molar-refractivity contribution in [3.05, 3.63) is 36.3 Å². The summed E-state index contributed by atoms with van der Waals surface area (Å²) in [5, 5.41) is 10.1.